The molecule has 0 aliphatic rings. The van der Waals surface area contributed by atoms with Gasteiger partial charge >= 0.3 is 5.69 Å². The Labute approximate surface area is 161 Å². The van der Waals surface area contributed by atoms with E-state index in [1.54, 1.807) is 31.2 Å². The molecular formula is C19H24N4O5. The van der Waals surface area contributed by atoms with Crippen molar-refractivity contribution in [1.82, 2.24) is 15.0 Å². The van der Waals surface area contributed by atoms with Crippen molar-refractivity contribution in [2.45, 2.75) is 39.5 Å². The Morgan fingerprint density at radius 2 is 1.93 bits per heavy atom. The van der Waals surface area contributed by atoms with Crippen LogP contribution in [0.25, 0.3) is 5.69 Å². The van der Waals surface area contributed by atoms with Crippen LogP contribution < -0.4 is 21.4 Å². The molecule has 9 heteroatoms. The van der Waals surface area contributed by atoms with Crippen molar-refractivity contribution in [3.63, 3.8) is 0 Å². The van der Waals surface area contributed by atoms with Crippen LogP contribution >= 0.6 is 0 Å². The molecule has 0 aliphatic carbocycles. The zero-order valence-electron chi connectivity index (χ0n) is 16.1. The minimum Gasteiger partial charge on any atom is -0.497 e. The number of nitrogens with zero attached hydrogens (tertiary/aromatic N) is 2. The number of hydrogen-bond donors (Lipinski definition) is 3. The molecule has 1 aromatic heterocycles. The van der Waals surface area contributed by atoms with E-state index in [1.807, 2.05) is 6.92 Å². The minimum atomic E-state index is -0.793. The first kappa shape index (κ1) is 20.9. The van der Waals surface area contributed by atoms with Gasteiger partial charge in [0.1, 0.15) is 11.3 Å². The van der Waals surface area contributed by atoms with Crippen LogP contribution in [-0.2, 0) is 4.79 Å². The van der Waals surface area contributed by atoms with E-state index >= 15 is 0 Å². The van der Waals surface area contributed by atoms with Crippen LogP contribution in [0.3, 0.4) is 0 Å². The molecule has 9 nitrogen and oxygen atoms in total. The number of benzene rings is 1. The zero-order chi connectivity index (χ0) is 20.7. The fourth-order valence-corrected chi connectivity index (χ4v) is 2.59. The highest BCUT2D eigenvalue weighted by Crippen LogP contribution is 2.20. The molecule has 150 valence electrons. The first-order valence-corrected chi connectivity index (χ1v) is 9.01. The monoisotopic (exact) mass is 388 g/mol. The highest BCUT2D eigenvalue weighted by atomic mass is 16.5. The van der Waals surface area contributed by atoms with Gasteiger partial charge in [-0.15, -0.1) is 0 Å². The third-order valence-corrected chi connectivity index (χ3v) is 4.11. The summed E-state index contributed by atoms with van der Waals surface area (Å²) in [7, 11) is 1.51. The molecule has 1 heterocycles. The molecule has 1 aromatic carbocycles. The standard InChI is InChI=1S/C19H24N4O5/c1-4-6-7-15(24)22-21-14(5-2)16-17(25)20-19(27)23(18(16)26)12-8-10-13(28-3)11-9-12/h8-11,26H,4-7H2,1-3H3,(H,22,24)(H,20,25,27)/b21-14+. The van der Waals surface area contributed by atoms with Crippen LogP contribution in [0.15, 0.2) is 39.0 Å². The van der Waals surface area contributed by atoms with Gasteiger partial charge in [-0.25, -0.2) is 14.8 Å². The summed E-state index contributed by atoms with van der Waals surface area (Å²) in [5, 5.41) is 14.6. The molecule has 1 amide bonds. The Morgan fingerprint density at radius 3 is 2.50 bits per heavy atom. The van der Waals surface area contributed by atoms with Crippen molar-refractivity contribution >= 4 is 11.6 Å². The number of nitrogens with one attached hydrogen (secondary N) is 2. The predicted octanol–water partition coefficient (Wildman–Crippen LogP) is 1.66. The number of ether oxygens (including phenoxy) is 1. The molecule has 0 bridgehead atoms. The summed E-state index contributed by atoms with van der Waals surface area (Å²) in [4.78, 5) is 38.6. The molecule has 0 atom stereocenters. The number of carbonyl (C=O) groups excluding carboxylic acids is 1. The zero-order valence-corrected chi connectivity index (χ0v) is 16.1. The number of aromatic nitrogens is 2. The van der Waals surface area contributed by atoms with Crippen LogP contribution in [-0.4, -0.2) is 33.4 Å². The lowest BCUT2D eigenvalue weighted by molar-refractivity contribution is -0.121. The molecule has 2 rings (SSSR count). The maximum absolute atomic E-state index is 12.3. The van der Waals surface area contributed by atoms with Gasteiger partial charge in [0, 0.05) is 6.42 Å². The number of hydrazone groups is 1. The highest BCUT2D eigenvalue weighted by Gasteiger charge is 2.20. The lowest BCUT2D eigenvalue weighted by Crippen LogP contribution is -2.33. The number of unbranched alkanes of at least 4 members (excludes halogenated alkanes) is 1. The van der Waals surface area contributed by atoms with E-state index < -0.39 is 17.1 Å². The topological polar surface area (TPSA) is 126 Å². The average Bonchev–Trinajstić information content (AvgIpc) is 2.68. The molecule has 0 spiro atoms. The smallest absolute Gasteiger partial charge is 0.335 e. The summed E-state index contributed by atoms with van der Waals surface area (Å²) in [6, 6.07) is 6.37. The molecular weight excluding hydrogens is 364 g/mol. The molecule has 3 N–H and O–H groups in total. The van der Waals surface area contributed by atoms with Crippen molar-refractivity contribution in [2.75, 3.05) is 7.11 Å². The van der Waals surface area contributed by atoms with E-state index in [0.717, 1.165) is 17.4 Å². The van der Waals surface area contributed by atoms with Crippen LogP contribution in [0.5, 0.6) is 11.6 Å². The lowest BCUT2D eigenvalue weighted by atomic mass is 10.1. The summed E-state index contributed by atoms with van der Waals surface area (Å²) in [5.74, 6) is -0.263. The summed E-state index contributed by atoms with van der Waals surface area (Å²) >= 11 is 0. The minimum absolute atomic E-state index is 0.158. The number of rotatable bonds is 8. The third kappa shape index (κ3) is 4.67. The van der Waals surface area contributed by atoms with Gasteiger partial charge in [-0.1, -0.05) is 20.3 Å². The molecule has 0 unspecified atom stereocenters. The largest absolute Gasteiger partial charge is 0.497 e. The van der Waals surface area contributed by atoms with Gasteiger partial charge in [0.2, 0.25) is 11.8 Å². The van der Waals surface area contributed by atoms with E-state index in [0.29, 0.717) is 17.9 Å². The Morgan fingerprint density at radius 1 is 1.25 bits per heavy atom. The van der Waals surface area contributed by atoms with E-state index in [9.17, 15) is 19.5 Å². The van der Waals surface area contributed by atoms with E-state index in [-0.39, 0.29) is 23.6 Å². The summed E-state index contributed by atoms with van der Waals surface area (Å²) in [5.41, 5.74) is 1.14. The van der Waals surface area contributed by atoms with Crippen LogP contribution in [0, 0.1) is 0 Å². The van der Waals surface area contributed by atoms with Gasteiger partial charge in [0.05, 0.1) is 18.5 Å². The van der Waals surface area contributed by atoms with E-state index in [2.05, 4.69) is 15.5 Å². The van der Waals surface area contributed by atoms with Gasteiger partial charge in [-0.2, -0.15) is 5.10 Å². The molecule has 0 saturated heterocycles. The maximum atomic E-state index is 12.3. The number of H-pyrrole nitrogens is 1. The quantitative estimate of drug-likeness (QED) is 0.468. The van der Waals surface area contributed by atoms with E-state index in [1.165, 1.54) is 7.11 Å². The normalized spacial score (nSPS) is 11.3. The Bertz CT molecular complexity index is 973. The van der Waals surface area contributed by atoms with Crippen molar-refractivity contribution in [2.24, 2.45) is 5.10 Å². The second-order valence-corrected chi connectivity index (χ2v) is 6.04. The van der Waals surface area contributed by atoms with Gasteiger partial charge in [0.25, 0.3) is 5.56 Å². The number of carbonyl (C=O) groups is 1. The molecule has 2 aromatic rings. The molecule has 0 fully saturated rings. The molecule has 0 saturated carbocycles. The Hall–Kier alpha value is -3.36. The summed E-state index contributed by atoms with van der Waals surface area (Å²) in [6.07, 6.45) is 2.15. The van der Waals surface area contributed by atoms with Crippen molar-refractivity contribution in [3.05, 3.63) is 50.7 Å². The van der Waals surface area contributed by atoms with Crippen LogP contribution in [0.1, 0.15) is 45.1 Å². The number of hydrogen-bond acceptors (Lipinski definition) is 6. The number of aromatic hydroxyl groups is 1. The second-order valence-electron chi connectivity index (χ2n) is 6.04. The van der Waals surface area contributed by atoms with Gasteiger partial charge in [-0.3, -0.25) is 14.6 Å². The summed E-state index contributed by atoms with van der Waals surface area (Å²) in [6.45, 7) is 3.69. The number of aromatic amines is 1. The fraction of sp³-hybridized carbons (Fsp3) is 0.368. The SMILES string of the molecule is CCCCC(=O)N/N=C(\CC)c1c(O)n(-c2ccc(OC)cc2)c(=O)[nH]c1=O. The van der Waals surface area contributed by atoms with Crippen molar-refractivity contribution < 1.29 is 14.6 Å². The average molecular weight is 388 g/mol. The third-order valence-electron chi connectivity index (χ3n) is 4.11. The Kier molecular flexibility index (Phi) is 7.14. The van der Waals surface area contributed by atoms with Gasteiger partial charge in [0.15, 0.2) is 0 Å². The van der Waals surface area contributed by atoms with Crippen LogP contribution in [0.4, 0.5) is 0 Å². The summed E-state index contributed by atoms with van der Waals surface area (Å²) < 4.78 is 6.04. The van der Waals surface area contributed by atoms with Crippen molar-refractivity contribution in [3.8, 4) is 17.3 Å². The van der Waals surface area contributed by atoms with Gasteiger partial charge < -0.3 is 9.84 Å². The second kappa shape index (κ2) is 9.54. The lowest BCUT2D eigenvalue weighted by Gasteiger charge is -2.13. The molecule has 28 heavy (non-hydrogen) atoms. The van der Waals surface area contributed by atoms with Crippen LogP contribution in [0.2, 0.25) is 0 Å². The first-order valence-electron chi connectivity index (χ1n) is 9.01. The fourth-order valence-electron chi connectivity index (χ4n) is 2.59. The van der Waals surface area contributed by atoms with Gasteiger partial charge in [-0.05, 0) is 37.1 Å². The molecule has 0 radical (unpaired) electrons. The van der Waals surface area contributed by atoms with Crippen molar-refractivity contribution in [1.29, 1.82) is 0 Å². The van der Waals surface area contributed by atoms with E-state index in [4.69, 9.17) is 4.74 Å². The molecule has 0 aliphatic heterocycles. The number of amides is 1. The highest BCUT2D eigenvalue weighted by molar-refractivity contribution is 6.02. The number of methoxy groups -OCH3 is 1. The maximum Gasteiger partial charge on any atom is 0.335 e. The Balaban J connectivity index is 2.50. The predicted molar refractivity (Wildman–Crippen MR) is 105 cm³/mol. The first-order chi connectivity index (χ1) is 13.4.